The highest BCUT2D eigenvalue weighted by Gasteiger charge is 2.03. The van der Waals surface area contributed by atoms with Gasteiger partial charge in [0.05, 0.1) is 19.8 Å². The van der Waals surface area contributed by atoms with Crippen molar-refractivity contribution in [2.75, 3.05) is 7.11 Å². The summed E-state index contributed by atoms with van der Waals surface area (Å²) in [5.74, 6) is 0.836. The molecule has 1 rings (SSSR count). The molecule has 2 N–H and O–H groups in total. The van der Waals surface area contributed by atoms with Gasteiger partial charge in [0.1, 0.15) is 5.75 Å². The van der Waals surface area contributed by atoms with E-state index >= 15 is 0 Å². The van der Waals surface area contributed by atoms with Crippen LogP contribution in [-0.2, 0) is 17.9 Å². The van der Waals surface area contributed by atoms with Gasteiger partial charge in [-0.1, -0.05) is 12.1 Å². The molecule has 3 nitrogen and oxygen atoms in total. The van der Waals surface area contributed by atoms with Gasteiger partial charge in [-0.15, -0.1) is 0 Å². The van der Waals surface area contributed by atoms with E-state index < -0.39 is 0 Å². The minimum absolute atomic E-state index is 0.241. The van der Waals surface area contributed by atoms with Gasteiger partial charge in [-0.05, 0) is 25.5 Å². The molecule has 0 aliphatic carbocycles. The van der Waals surface area contributed by atoms with Crippen LogP contribution in [0.2, 0.25) is 0 Å². The maximum atomic E-state index is 5.59. The highest BCUT2D eigenvalue weighted by atomic mass is 16.5. The SMILES string of the molecule is COc1cc(COC(C)C)ccc1CN. The molecule has 0 fully saturated rings. The summed E-state index contributed by atoms with van der Waals surface area (Å²) in [6.45, 7) is 5.14. The van der Waals surface area contributed by atoms with Crippen LogP contribution in [0.25, 0.3) is 0 Å². The molecule has 0 amide bonds. The van der Waals surface area contributed by atoms with Gasteiger partial charge < -0.3 is 15.2 Å². The first-order valence-corrected chi connectivity index (χ1v) is 5.14. The fourth-order valence-electron chi connectivity index (χ4n) is 1.31. The van der Waals surface area contributed by atoms with Crippen LogP contribution in [0.5, 0.6) is 5.75 Å². The van der Waals surface area contributed by atoms with E-state index in [1.54, 1.807) is 7.11 Å². The molecule has 15 heavy (non-hydrogen) atoms. The Labute approximate surface area is 91.2 Å². The monoisotopic (exact) mass is 209 g/mol. The van der Waals surface area contributed by atoms with Crippen molar-refractivity contribution in [1.82, 2.24) is 0 Å². The molecule has 0 saturated heterocycles. The topological polar surface area (TPSA) is 44.5 Å². The fraction of sp³-hybridized carbons (Fsp3) is 0.500. The zero-order valence-corrected chi connectivity index (χ0v) is 9.62. The second-order valence-electron chi connectivity index (χ2n) is 3.71. The van der Waals surface area contributed by atoms with Gasteiger partial charge >= 0.3 is 0 Å². The second kappa shape index (κ2) is 5.73. The molecule has 0 aliphatic heterocycles. The Balaban J connectivity index is 2.74. The van der Waals surface area contributed by atoms with Gasteiger partial charge in [-0.3, -0.25) is 0 Å². The van der Waals surface area contributed by atoms with Crippen LogP contribution in [0.3, 0.4) is 0 Å². The summed E-state index contributed by atoms with van der Waals surface area (Å²) in [5.41, 5.74) is 7.72. The van der Waals surface area contributed by atoms with Crippen molar-refractivity contribution in [2.45, 2.75) is 33.1 Å². The van der Waals surface area contributed by atoms with Crippen LogP contribution >= 0.6 is 0 Å². The van der Waals surface area contributed by atoms with E-state index in [1.165, 1.54) is 0 Å². The molecule has 0 radical (unpaired) electrons. The molecule has 0 aliphatic rings. The Bertz CT molecular complexity index is 310. The average Bonchev–Trinajstić information content (AvgIpc) is 2.25. The van der Waals surface area contributed by atoms with Crippen molar-refractivity contribution >= 4 is 0 Å². The summed E-state index contributed by atoms with van der Waals surface area (Å²) in [5, 5.41) is 0. The smallest absolute Gasteiger partial charge is 0.123 e. The van der Waals surface area contributed by atoms with E-state index in [4.69, 9.17) is 15.2 Å². The van der Waals surface area contributed by atoms with E-state index in [9.17, 15) is 0 Å². The summed E-state index contributed by atoms with van der Waals surface area (Å²) < 4.78 is 10.8. The summed E-state index contributed by atoms with van der Waals surface area (Å²) in [6, 6.07) is 5.98. The van der Waals surface area contributed by atoms with Gasteiger partial charge in [0.25, 0.3) is 0 Å². The van der Waals surface area contributed by atoms with E-state index in [0.29, 0.717) is 13.2 Å². The maximum absolute atomic E-state index is 5.59. The van der Waals surface area contributed by atoms with Crippen LogP contribution in [0.15, 0.2) is 18.2 Å². The average molecular weight is 209 g/mol. The molecular weight excluding hydrogens is 190 g/mol. The van der Waals surface area contributed by atoms with Crippen molar-refractivity contribution < 1.29 is 9.47 Å². The minimum atomic E-state index is 0.241. The van der Waals surface area contributed by atoms with Gasteiger partial charge in [0.2, 0.25) is 0 Å². The van der Waals surface area contributed by atoms with Crippen molar-refractivity contribution in [3.05, 3.63) is 29.3 Å². The van der Waals surface area contributed by atoms with E-state index in [0.717, 1.165) is 16.9 Å². The van der Waals surface area contributed by atoms with Gasteiger partial charge in [0.15, 0.2) is 0 Å². The number of nitrogens with two attached hydrogens (primary N) is 1. The predicted molar refractivity (Wildman–Crippen MR) is 60.8 cm³/mol. The number of ether oxygens (including phenoxy) is 2. The van der Waals surface area contributed by atoms with Crippen LogP contribution in [0.1, 0.15) is 25.0 Å². The molecule has 0 aromatic heterocycles. The third-order valence-electron chi connectivity index (χ3n) is 2.15. The molecule has 1 aromatic carbocycles. The Morgan fingerprint density at radius 3 is 2.60 bits per heavy atom. The quantitative estimate of drug-likeness (QED) is 0.807. The summed E-state index contributed by atoms with van der Waals surface area (Å²) >= 11 is 0. The molecule has 0 spiro atoms. The Hall–Kier alpha value is -1.06. The summed E-state index contributed by atoms with van der Waals surface area (Å²) in [6.07, 6.45) is 0.241. The molecule has 0 bridgehead atoms. The standard InChI is InChI=1S/C12H19NO2/c1-9(2)15-8-10-4-5-11(7-13)12(6-10)14-3/h4-6,9H,7-8,13H2,1-3H3. The lowest BCUT2D eigenvalue weighted by Gasteiger charge is -2.11. The van der Waals surface area contributed by atoms with Gasteiger partial charge in [-0.25, -0.2) is 0 Å². The van der Waals surface area contributed by atoms with E-state index in [1.807, 2.05) is 32.0 Å². The van der Waals surface area contributed by atoms with E-state index in [-0.39, 0.29) is 6.10 Å². The number of hydrogen-bond acceptors (Lipinski definition) is 3. The van der Waals surface area contributed by atoms with Crippen molar-refractivity contribution in [2.24, 2.45) is 5.73 Å². The van der Waals surface area contributed by atoms with Crippen LogP contribution in [0, 0.1) is 0 Å². The lowest BCUT2D eigenvalue weighted by atomic mass is 10.1. The Morgan fingerprint density at radius 1 is 1.33 bits per heavy atom. The summed E-state index contributed by atoms with van der Waals surface area (Å²) in [7, 11) is 1.65. The largest absolute Gasteiger partial charge is 0.496 e. The number of benzene rings is 1. The second-order valence-corrected chi connectivity index (χ2v) is 3.71. The van der Waals surface area contributed by atoms with Crippen LogP contribution < -0.4 is 10.5 Å². The zero-order valence-electron chi connectivity index (χ0n) is 9.62. The highest BCUT2D eigenvalue weighted by Crippen LogP contribution is 2.20. The van der Waals surface area contributed by atoms with Crippen LogP contribution in [0.4, 0.5) is 0 Å². The van der Waals surface area contributed by atoms with Crippen molar-refractivity contribution in [3.8, 4) is 5.75 Å². The fourth-order valence-corrected chi connectivity index (χ4v) is 1.31. The van der Waals surface area contributed by atoms with Crippen molar-refractivity contribution in [3.63, 3.8) is 0 Å². The first-order valence-electron chi connectivity index (χ1n) is 5.14. The molecule has 0 atom stereocenters. The molecule has 0 unspecified atom stereocenters. The van der Waals surface area contributed by atoms with Crippen LogP contribution in [-0.4, -0.2) is 13.2 Å². The predicted octanol–water partition coefficient (Wildman–Crippen LogP) is 2.08. The van der Waals surface area contributed by atoms with Crippen molar-refractivity contribution in [1.29, 1.82) is 0 Å². The lowest BCUT2D eigenvalue weighted by Crippen LogP contribution is -2.04. The van der Waals surface area contributed by atoms with Gasteiger partial charge in [-0.2, -0.15) is 0 Å². The molecule has 84 valence electrons. The Morgan fingerprint density at radius 2 is 2.07 bits per heavy atom. The van der Waals surface area contributed by atoms with Gasteiger partial charge in [0, 0.05) is 12.1 Å². The highest BCUT2D eigenvalue weighted by molar-refractivity contribution is 5.37. The molecule has 0 heterocycles. The third kappa shape index (κ3) is 3.53. The first-order chi connectivity index (χ1) is 7.17. The lowest BCUT2D eigenvalue weighted by molar-refractivity contribution is 0.0656. The minimum Gasteiger partial charge on any atom is -0.496 e. The Kier molecular flexibility index (Phi) is 4.59. The first kappa shape index (κ1) is 12.0. The number of hydrogen-bond donors (Lipinski definition) is 1. The number of methoxy groups -OCH3 is 1. The molecular formula is C12H19NO2. The molecule has 1 aromatic rings. The maximum Gasteiger partial charge on any atom is 0.123 e. The number of rotatable bonds is 5. The molecule has 0 saturated carbocycles. The van der Waals surface area contributed by atoms with E-state index in [2.05, 4.69) is 0 Å². The zero-order chi connectivity index (χ0) is 11.3. The summed E-state index contributed by atoms with van der Waals surface area (Å²) in [4.78, 5) is 0. The normalized spacial score (nSPS) is 10.7. The molecule has 3 heteroatoms. The third-order valence-corrected chi connectivity index (χ3v) is 2.15.